The Morgan fingerprint density at radius 1 is 1.14 bits per heavy atom. The number of ether oxygens (including phenoxy) is 1. The first-order valence-electron chi connectivity index (χ1n) is 9.95. The van der Waals surface area contributed by atoms with Gasteiger partial charge in [0, 0.05) is 29.9 Å². The van der Waals surface area contributed by atoms with Gasteiger partial charge in [0.25, 0.3) is 5.56 Å². The number of aromatic nitrogens is 2. The van der Waals surface area contributed by atoms with Crippen LogP contribution < -0.4 is 15.6 Å². The smallest absolute Gasteiger partial charge is 0.258 e. The van der Waals surface area contributed by atoms with Crippen LogP contribution in [-0.4, -0.2) is 15.3 Å². The number of nitrogens with zero attached hydrogens (tertiary/aromatic N) is 2. The molecule has 6 nitrogen and oxygen atoms in total. The van der Waals surface area contributed by atoms with Gasteiger partial charge in [0.15, 0.2) is 0 Å². The van der Waals surface area contributed by atoms with Gasteiger partial charge < -0.3 is 10.1 Å². The van der Waals surface area contributed by atoms with Gasteiger partial charge in [0.1, 0.15) is 18.0 Å². The molecule has 1 N–H and O–H groups in total. The molecule has 152 valence electrons. The lowest BCUT2D eigenvalue weighted by atomic mass is 10.0. The van der Waals surface area contributed by atoms with Crippen LogP contribution in [0.25, 0.3) is 5.65 Å². The van der Waals surface area contributed by atoms with E-state index in [9.17, 15) is 9.59 Å². The van der Waals surface area contributed by atoms with E-state index in [4.69, 9.17) is 4.74 Å². The molecular weight excluding hydrogens is 366 g/mol. The summed E-state index contributed by atoms with van der Waals surface area (Å²) < 4.78 is 7.47. The summed E-state index contributed by atoms with van der Waals surface area (Å²) in [4.78, 5) is 29.3. The van der Waals surface area contributed by atoms with Gasteiger partial charge in [-0.05, 0) is 49.9 Å². The van der Waals surface area contributed by atoms with Crippen LogP contribution in [0, 0.1) is 19.8 Å². The number of fused-ring (bicyclic) bond motifs is 1. The molecule has 0 aliphatic rings. The maximum atomic E-state index is 12.3. The molecule has 0 unspecified atom stereocenters. The van der Waals surface area contributed by atoms with E-state index in [1.165, 1.54) is 10.5 Å². The summed E-state index contributed by atoms with van der Waals surface area (Å²) in [5, 5.41) is 2.96. The Morgan fingerprint density at radius 2 is 1.90 bits per heavy atom. The Bertz CT molecular complexity index is 1080. The van der Waals surface area contributed by atoms with Gasteiger partial charge in [-0.15, -0.1) is 0 Å². The zero-order valence-corrected chi connectivity index (χ0v) is 17.4. The number of aryl methyl sites for hydroxylation is 2. The first-order valence-corrected chi connectivity index (χ1v) is 9.95. The summed E-state index contributed by atoms with van der Waals surface area (Å²) in [5.41, 5.74) is 3.62. The number of carbonyl (C=O) groups excluding carboxylic acids is 1. The van der Waals surface area contributed by atoms with E-state index in [0.717, 1.165) is 24.0 Å². The zero-order chi connectivity index (χ0) is 21.0. The minimum atomic E-state index is -0.139. The molecule has 29 heavy (non-hydrogen) atoms. The van der Waals surface area contributed by atoms with Crippen molar-refractivity contribution in [2.45, 2.75) is 47.1 Å². The second-order valence-electron chi connectivity index (χ2n) is 7.24. The highest BCUT2D eigenvalue weighted by Gasteiger charge is 2.15. The molecule has 0 spiro atoms. The number of pyridine rings is 1. The third-order valence-corrected chi connectivity index (χ3v) is 5.13. The summed E-state index contributed by atoms with van der Waals surface area (Å²) in [6, 6.07) is 10.8. The van der Waals surface area contributed by atoms with Crippen molar-refractivity contribution in [3.8, 4) is 5.75 Å². The third kappa shape index (κ3) is 4.65. The molecule has 0 aliphatic carbocycles. The number of hydrogen-bond acceptors (Lipinski definition) is 4. The number of anilines is 1. The van der Waals surface area contributed by atoms with Crippen molar-refractivity contribution in [1.29, 1.82) is 0 Å². The third-order valence-electron chi connectivity index (χ3n) is 5.13. The molecular formula is C23H27N3O3. The van der Waals surface area contributed by atoms with Gasteiger partial charge in [-0.25, -0.2) is 4.98 Å². The molecule has 0 saturated heterocycles. The van der Waals surface area contributed by atoms with Crippen LogP contribution >= 0.6 is 0 Å². The molecule has 2 aromatic heterocycles. The molecule has 0 fully saturated rings. The van der Waals surface area contributed by atoms with E-state index in [0.29, 0.717) is 22.8 Å². The van der Waals surface area contributed by atoms with Gasteiger partial charge >= 0.3 is 0 Å². The molecule has 1 amide bonds. The molecule has 1 aromatic carbocycles. The zero-order valence-electron chi connectivity index (χ0n) is 17.4. The van der Waals surface area contributed by atoms with E-state index in [1.807, 2.05) is 58.0 Å². The fourth-order valence-electron chi connectivity index (χ4n) is 3.27. The minimum absolute atomic E-state index is 0.00122. The molecule has 6 heteroatoms. The van der Waals surface area contributed by atoms with Gasteiger partial charge in [-0.2, -0.15) is 0 Å². The largest absolute Gasteiger partial charge is 0.487 e. The van der Waals surface area contributed by atoms with Crippen LogP contribution in [0.2, 0.25) is 0 Å². The number of rotatable bonds is 7. The van der Waals surface area contributed by atoms with Crippen LogP contribution in [0.1, 0.15) is 43.5 Å². The molecule has 0 radical (unpaired) electrons. The van der Waals surface area contributed by atoms with E-state index in [-0.39, 0.29) is 24.0 Å². The summed E-state index contributed by atoms with van der Waals surface area (Å²) >= 11 is 0. The minimum Gasteiger partial charge on any atom is -0.487 e. The van der Waals surface area contributed by atoms with Gasteiger partial charge in [-0.1, -0.05) is 26.0 Å². The first kappa shape index (κ1) is 20.6. The standard InChI is InChI=1S/C23H27N3O3/c1-5-17(6-2)23(28)25-18-10-9-15(3)20(12-18)29-14-19-13-21(27)26-11-7-8-16(4)22(26)24-19/h7-13,17H,5-6,14H2,1-4H3,(H,25,28). The maximum Gasteiger partial charge on any atom is 0.258 e. The first-order chi connectivity index (χ1) is 13.9. The van der Waals surface area contributed by atoms with E-state index >= 15 is 0 Å². The Kier molecular flexibility index (Phi) is 6.32. The van der Waals surface area contributed by atoms with E-state index in [1.54, 1.807) is 6.20 Å². The monoisotopic (exact) mass is 393 g/mol. The predicted molar refractivity (Wildman–Crippen MR) is 114 cm³/mol. The number of carbonyl (C=O) groups is 1. The molecule has 0 saturated carbocycles. The van der Waals surface area contributed by atoms with Crippen LogP contribution in [0.5, 0.6) is 5.75 Å². The molecule has 0 bridgehead atoms. The summed E-state index contributed by atoms with van der Waals surface area (Å²) in [7, 11) is 0. The average molecular weight is 393 g/mol. The van der Waals surface area contributed by atoms with Crippen molar-refractivity contribution < 1.29 is 9.53 Å². The topological polar surface area (TPSA) is 72.7 Å². The van der Waals surface area contributed by atoms with Gasteiger partial charge in [0.2, 0.25) is 5.91 Å². The van der Waals surface area contributed by atoms with Crippen molar-refractivity contribution in [2.75, 3.05) is 5.32 Å². The van der Waals surface area contributed by atoms with Gasteiger partial charge in [-0.3, -0.25) is 14.0 Å². The highest BCUT2D eigenvalue weighted by atomic mass is 16.5. The van der Waals surface area contributed by atoms with Crippen molar-refractivity contribution >= 4 is 17.2 Å². The van der Waals surface area contributed by atoms with Crippen molar-refractivity contribution in [2.24, 2.45) is 5.92 Å². The Morgan fingerprint density at radius 3 is 2.62 bits per heavy atom. The van der Waals surface area contributed by atoms with Crippen LogP contribution in [0.4, 0.5) is 5.69 Å². The lowest BCUT2D eigenvalue weighted by molar-refractivity contribution is -0.120. The van der Waals surface area contributed by atoms with Crippen LogP contribution in [0.15, 0.2) is 47.4 Å². The Balaban J connectivity index is 1.79. The van der Waals surface area contributed by atoms with Crippen molar-refractivity contribution in [1.82, 2.24) is 9.38 Å². The van der Waals surface area contributed by atoms with Crippen LogP contribution in [0.3, 0.4) is 0 Å². The predicted octanol–water partition coefficient (Wildman–Crippen LogP) is 4.27. The fourth-order valence-corrected chi connectivity index (χ4v) is 3.27. The number of hydrogen-bond donors (Lipinski definition) is 1. The maximum absolute atomic E-state index is 12.3. The van der Waals surface area contributed by atoms with Crippen molar-refractivity contribution in [3.05, 3.63) is 69.8 Å². The molecule has 3 aromatic rings. The average Bonchev–Trinajstić information content (AvgIpc) is 2.70. The number of amides is 1. The highest BCUT2D eigenvalue weighted by Crippen LogP contribution is 2.24. The second kappa shape index (κ2) is 8.90. The summed E-state index contributed by atoms with van der Waals surface area (Å²) in [5.74, 6) is 0.669. The molecule has 0 atom stereocenters. The molecule has 3 rings (SSSR count). The SMILES string of the molecule is CCC(CC)C(=O)Nc1ccc(C)c(OCc2cc(=O)n3cccc(C)c3n2)c1. The molecule has 2 heterocycles. The molecule has 0 aliphatic heterocycles. The van der Waals surface area contributed by atoms with E-state index in [2.05, 4.69) is 10.3 Å². The quantitative estimate of drug-likeness (QED) is 0.651. The lowest BCUT2D eigenvalue weighted by Crippen LogP contribution is -2.21. The van der Waals surface area contributed by atoms with Crippen molar-refractivity contribution in [3.63, 3.8) is 0 Å². The second-order valence-corrected chi connectivity index (χ2v) is 7.24. The van der Waals surface area contributed by atoms with Gasteiger partial charge in [0.05, 0.1) is 5.69 Å². The lowest BCUT2D eigenvalue weighted by Gasteiger charge is -2.15. The number of nitrogens with one attached hydrogen (secondary N) is 1. The fraction of sp³-hybridized carbons (Fsp3) is 0.348. The summed E-state index contributed by atoms with van der Waals surface area (Å²) in [6.45, 7) is 8.05. The Hall–Kier alpha value is -3.15. The summed E-state index contributed by atoms with van der Waals surface area (Å²) in [6.07, 6.45) is 3.32. The number of benzene rings is 1. The normalized spacial score (nSPS) is 11.1. The highest BCUT2D eigenvalue weighted by molar-refractivity contribution is 5.92. The van der Waals surface area contributed by atoms with E-state index < -0.39 is 0 Å². The Labute approximate surface area is 170 Å². The van der Waals surface area contributed by atoms with Crippen LogP contribution in [-0.2, 0) is 11.4 Å².